The summed E-state index contributed by atoms with van der Waals surface area (Å²) in [6.45, 7) is 6.16. The monoisotopic (exact) mass is 244 g/mol. The number of hydrogen-bond acceptors (Lipinski definition) is 3. The molecule has 0 amide bonds. The van der Waals surface area contributed by atoms with Gasteiger partial charge in [0, 0.05) is 6.07 Å². The highest BCUT2D eigenvalue weighted by Gasteiger charge is 2.05. The van der Waals surface area contributed by atoms with Crippen molar-refractivity contribution in [3.8, 4) is 5.75 Å². The average molecular weight is 244 g/mol. The Morgan fingerprint density at radius 2 is 2.33 bits per heavy atom. The summed E-state index contributed by atoms with van der Waals surface area (Å²) in [6.07, 6.45) is 3.14. The number of aromatic nitrogens is 2. The van der Waals surface area contributed by atoms with E-state index in [1.165, 1.54) is 0 Å². The molecule has 1 aromatic heterocycles. The molecule has 1 aromatic carbocycles. The molecule has 18 heavy (non-hydrogen) atoms. The van der Waals surface area contributed by atoms with Gasteiger partial charge in [-0.1, -0.05) is 6.08 Å². The Labute approximate surface area is 105 Å². The maximum Gasteiger partial charge on any atom is 0.270 e. The maximum atomic E-state index is 11.8. The molecular weight excluding hydrogens is 228 g/mol. The standard InChI is InChI=1S/C14H16N2O2/c1-3-5-6-12-14(17)16-13-9-10(18-4-2)7-8-11(13)15-12/h3,7-9H,1,4-6H2,2H3,(H,16,17). The van der Waals surface area contributed by atoms with E-state index < -0.39 is 0 Å². The van der Waals surface area contributed by atoms with Crippen molar-refractivity contribution < 1.29 is 4.74 Å². The van der Waals surface area contributed by atoms with E-state index in [1.54, 1.807) is 12.1 Å². The van der Waals surface area contributed by atoms with Crippen LogP contribution in [-0.2, 0) is 6.42 Å². The Morgan fingerprint density at radius 3 is 3.06 bits per heavy atom. The number of fused-ring (bicyclic) bond motifs is 1. The van der Waals surface area contributed by atoms with E-state index in [2.05, 4.69) is 16.5 Å². The molecule has 94 valence electrons. The number of ether oxygens (including phenoxy) is 1. The molecule has 0 atom stereocenters. The van der Waals surface area contributed by atoms with E-state index in [1.807, 2.05) is 19.1 Å². The molecule has 0 saturated carbocycles. The van der Waals surface area contributed by atoms with Crippen LogP contribution in [0.3, 0.4) is 0 Å². The van der Waals surface area contributed by atoms with Crippen LogP contribution in [0.5, 0.6) is 5.75 Å². The average Bonchev–Trinajstić information content (AvgIpc) is 2.37. The first-order chi connectivity index (χ1) is 8.74. The van der Waals surface area contributed by atoms with Crippen molar-refractivity contribution in [3.63, 3.8) is 0 Å². The fourth-order valence-electron chi connectivity index (χ4n) is 1.77. The van der Waals surface area contributed by atoms with Gasteiger partial charge in [0.05, 0.1) is 17.6 Å². The Kier molecular flexibility index (Phi) is 3.77. The lowest BCUT2D eigenvalue weighted by molar-refractivity contribution is 0.340. The van der Waals surface area contributed by atoms with Crippen molar-refractivity contribution in [3.05, 3.63) is 46.9 Å². The van der Waals surface area contributed by atoms with Gasteiger partial charge in [0.25, 0.3) is 5.56 Å². The molecule has 4 nitrogen and oxygen atoms in total. The van der Waals surface area contributed by atoms with Crippen LogP contribution in [0.2, 0.25) is 0 Å². The first kappa shape index (κ1) is 12.4. The van der Waals surface area contributed by atoms with Gasteiger partial charge in [-0.25, -0.2) is 4.98 Å². The molecule has 4 heteroatoms. The summed E-state index contributed by atoms with van der Waals surface area (Å²) in [4.78, 5) is 19.0. The molecule has 0 spiro atoms. The summed E-state index contributed by atoms with van der Waals surface area (Å²) >= 11 is 0. The first-order valence-corrected chi connectivity index (χ1v) is 6.01. The maximum absolute atomic E-state index is 11.8. The van der Waals surface area contributed by atoms with Crippen LogP contribution in [0.15, 0.2) is 35.6 Å². The summed E-state index contributed by atoms with van der Waals surface area (Å²) in [5.74, 6) is 0.737. The van der Waals surface area contributed by atoms with Gasteiger partial charge in [0.15, 0.2) is 0 Å². The van der Waals surface area contributed by atoms with Gasteiger partial charge in [-0.05, 0) is 31.9 Å². The molecule has 2 aromatic rings. The van der Waals surface area contributed by atoms with E-state index >= 15 is 0 Å². The summed E-state index contributed by atoms with van der Waals surface area (Å²) in [6, 6.07) is 5.51. The van der Waals surface area contributed by atoms with Gasteiger partial charge in [0.1, 0.15) is 11.4 Å². The second-order valence-corrected chi connectivity index (χ2v) is 3.95. The second-order valence-electron chi connectivity index (χ2n) is 3.95. The molecule has 0 saturated heterocycles. The van der Waals surface area contributed by atoms with E-state index in [0.717, 1.165) is 17.7 Å². The van der Waals surface area contributed by atoms with Gasteiger partial charge in [-0.3, -0.25) is 4.79 Å². The largest absolute Gasteiger partial charge is 0.494 e. The van der Waals surface area contributed by atoms with Crippen LogP contribution < -0.4 is 10.3 Å². The van der Waals surface area contributed by atoms with E-state index in [9.17, 15) is 4.79 Å². The number of benzene rings is 1. The smallest absolute Gasteiger partial charge is 0.270 e. The number of hydrogen-bond donors (Lipinski definition) is 1. The Hall–Kier alpha value is -2.10. The minimum Gasteiger partial charge on any atom is -0.494 e. The molecule has 0 bridgehead atoms. The zero-order chi connectivity index (χ0) is 13.0. The minimum atomic E-state index is -0.141. The van der Waals surface area contributed by atoms with E-state index in [-0.39, 0.29) is 5.56 Å². The SMILES string of the molecule is C=CCCc1nc2ccc(OCC)cc2[nH]c1=O. The van der Waals surface area contributed by atoms with Gasteiger partial charge in [-0.2, -0.15) is 0 Å². The highest BCUT2D eigenvalue weighted by molar-refractivity contribution is 5.75. The summed E-state index contributed by atoms with van der Waals surface area (Å²) < 4.78 is 5.39. The summed E-state index contributed by atoms with van der Waals surface area (Å²) in [5, 5.41) is 0. The number of aryl methyl sites for hydroxylation is 1. The number of allylic oxidation sites excluding steroid dienone is 1. The molecule has 0 aliphatic rings. The van der Waals surface area contributed by atoms with Crippen LogP contribution >= 0.6 is 0 Å². The van der Waals surface area contributed by atoms with Crippen LogP contribution in [0, 0.1) is 0 Å². The van der Waals surface area contributed by atoms with Gasteiger partial charge >= 0.3 is 0 Å². The molecule has 0 unspecified atom stereocenters. The molecule has 1 heterocycles. The third-order valence-electron chi connectivity index (χ3n) is 2.63. The fraction of sp³-hybridized carbons (Fsp3) is 0.286. The fourth-order valence-corrected chi connectivity index (χ4v) is 1.77. The quantitative estimate of drug-likeness (QED) is 0.822. The normalized spacial score (nSPS) is 10.5. The van der Waals surface area contributed by atoms with Crippen LogP contribution in [0.1, 0.15) is 19.0 Å². The van der Waals surface area contributed by atoms with E-state index in [4.69, 9.17) is 4.74 Å². The van der Waals surface area contributed by atoms with Crippen LogP contribution in [-0.4, -0.2) is 16.6 Å². The Morgan fingerprint density at radius 1 is 1.50 bits per heavy atom. The van der Waals surface area contributed by atoms with Crippen molar-refractivity contribution >= 4 is 11.0 Å². The molecule has 0 aliphatic carbocycles. The minimum absolute atomic E-state index is 0.141. The zero-order valence-electron chi connectivity index (χ0n) is 10.4. The molecule has 1 N–H and O–H groups in total. The predicted molar refractivity (Wildman–Crippen MR) is 72.1 cm³/mol. The zero-order valence-corrected chi connectivity index (χ0v) is 10.4. The van der Waals surface area contributed by atoms with Crippen LogP contribution in [0.4, 0.5) is 0 Å². The number of aromatic amines is 1. The van der Waals surface area contributed by atoms with E-state index in [0.29, 0.717) is 24.2 Å². The van der Waals surface area contributed by atoms with Gasteiger partial charge in [0.2, 0.25) is 0 Å². The highest BCUT2D eigenvalue weighted by atomic mass is 16.5. The molecule has 2 rings (SSSR count). The second kappa shape index (κ2) is 5.49. The van der Waals surface area contributed by atoms with Crippen LogP contribution in [0.25, 0.3) is 11.0 Å². The van der Waals surface area contributed by atoms with Gasteiger partial charge in [-0.15, -0.1) is 6.58 Å². The predicted octanol–water partition coefficient (Wildman–Crippen LogP) is 2.44. The van der Waals surface area contributed by atoms with Gasteiger partial charge < -0.3 is 9.72 Å². The van der Waals surface area contributed by atoms with Crippen molar-refractivity contribution in [1.82, 2.24) is 9.97 Å². The Bertz CT molecular complexity index is 617. The molecular formula is C14H16N2O2. The summed E-state index contributed by atoms with van der Waals surface area (Å²) in [5.41, 5.74) is 1.88. The summed E-state index contributed by atoms with van der Waals surface area (Å²) in [7, 11) is 0. The third-order valence-corrected chi connectivity index (χ3v) is 2.63. The lowest BCUT2D eigenvalue weighted by atomic mass is 10.2. The number of nitrogens with one attached hydrogen (secondary N) is 1. The number of H-pyrrole nitrogens is 1. The molecule has 0 fully saturated rings. The van der Waals surface area contributed by atoms with Crippen molar-refractivity contribution in [2.45, 2.75) is 19.8 Å². The van der Waals surface area contributed by atoms with Crippen molar-refractivity contribution in [2.75, 3.05) is 6.61 Å². The topological polar surface area (TPSA) is 55.0 Å². The third kappa shape index (κ3) is 2.59. The lowest BCUT2D eigenvalue weighted by Gasteiger charge is -2.05. The molecule has 0 aliphatic heterocycles. The number of nitrogens with zero attached hydrogens (tertiary/aromatic N) is 1. The number of rotatable bonds is 5. The van der Waals surface area contributed by atoms with Crippen molar-refractivity contribution in [2.24, 2.45) is 0 Å². The van der Waals surface area contributed by atoms with Crippen molar-refractivity contribution in [1.29, 1.82) is 0 Å². The first-order valence-electron chi connectivity index (χ1n) is 6.01. The highest BCUT2D eigenvalue weighted by Crippen LogP contribution is 2.17. The Balaban J connectivity index is 2.43. The molecule has 0 radical (unpaired) electrons. The lowest BCUT2D eigenvalue weighted by Crippen LogP contribution is -2.15.